The van der Waals surface area contributed by atoms with Gasteiger partial charge in [0.25, 0.3) is 0 Å². The van der Waals surface area contributed by atoms with Gasteiger partial charge in [0.15, 0.2) is 21.6 Å². The molecule has 0 spiro atoms. The lowest BCUT2D eigenvalue weighted by Crippen LogP contribution is -2.33. The molecule has 4 N–H and O–H groups in total. The lowest BCUT2D eigenvalue weighted by atomic mass is 10.2. The van der Waals surface area contributed by atoms with Crippen molar-refractivity contribution in [2.45, 2.75) is 27.7 Å². The number of thioether (sulfide) groups is 1. The Bertz CT molecular complexity index is 565. The second kappa shape index (κ2) is 16.9. The molecule has 0 radical (unpaired) electrons. The van der Waals surface area contributed by atoms with E-state index in [0.29, 0.717) is 24.0 Å². The minimum Gasteiger partial charge on any atom is -0.483 e. The topological polar surface area (TPSA) is 122 Å². The molecule has 3 aliphatic heterocycles. The van der Waals surface area contributed by atoms with Crippen LogP contribution >= 0.6 is 11.8 Å². The summed E-state index contributed by atoms with van der Waals surface area (Å²) in [6, 6.07) is 0. The summed E-state index contributed by atoms with van der Waals surface area (Å²) in [5, 5.41) is 0. The third kappa shape index (κ3) is 21.7. The van der Waals surface area contributed by atoms with Crippen LogP contribution < -0.4 is 11.5 Å². The molecule has 0 aromatic rings. The fourth-order valence-electron chi connectivity index (χ4n) is 1.94. The maximum absolute atomic E-state index is 10.3. The highest BCUT2D eigenvalue weighted by molar-refractivity contribution is 8.00. The van der Waals surface area contributed by atoms with Gasteiger partial charge in [0.1, 0.15) is 0 Å². The fourth-order valence-corrected chi connectivity index (χ4v) is 5.46. The van der Waals surface area contributed by atoms with Crippen molar-refractivity contribution >= 4 is 32.4 Å². The van der Waals surface area contributed by atoms with Crippen molar-refractivity contribution in [1.82, 2.24) is 0 Å². The predicted octanol–water partition coefficient (Wildman–Crippen LogP) is 2.32. The van der Waals surface area contributed by atoms with Crippen molar-refractivity contribution in [3.8, 4) is 0 Å². The summed E-state index contributed by atoms with van der Waals surface area (Å²) >= 11 is 2.05. The fraction of sp³-hybridized carbons (Fsp3) is 0.789. The highest BCUT2D eigenvalue weighted by Crippen LogP contribution is 2.22. The monoisotopic (exact) mass is 472 g/mol. The van der Waals surface area contributed by atoms with Crippen LogP contribution in [-0.2, 0) is 30.1 Å². The van der Waals surface area contributed by atoms with Gasteiger partial charge in [0.2, 0.25) is 0 Å². The smallest absolute Gasteiger partial charge is 0.176 e. The largest absolute Gasteiger partial charge is 0.483 e. The summed E-state index contributed by atoms with van der Waals surface area (Å²) in [7, 11) is -1.48. The van der Waals surface area contributed by atoms with E-state index in [1.54, 1.807) is 0 Å². The molecule has 174 valence electrons. The number of hydrogen-bond acceptors (Lipinski definition) is 8. The highest BCUT2D eigenvalue weighted by Gasteiger charge is 2.28. The first-order chi connectivity index (χ1) is 13.3. The molecule has 10 heteroatoms. The Morgan fingerprint density at radius 2 is 1.45 bits per heavy atom. The summed E-state index contributed by atoms with van der Waals surface area (Å²) in [6.07, 6.45) is 0. The Hall–Kier alpha value is -0.870. The van der Waals surface area contributed by atoms with Crippen LogP contribution in [0, 0.1) is 17.8 Å². The molecule has 0 atom stereocenters. The molecule has 0 aromatic carbocycles. The number of nitrogens with two attached hydrogens (primary N) is 2. The van der Waals surface area contributed by atoms with Gasteiger partial charge < -0.3 is 20.9 Å². The molecule has 3 rings (SSSR count). The molecule has 29 heavy (non-hydrogen) atoms. The van der Waals surface area contributed by atoms with Gasteiger partial charge >= 0.3 is 0 Å². The van der Waals surface area contributed by atoms with Gasteiger partial charge in [-0.1, -0.05) is 20.8 Å². The molecule has 3 aliphatic rings. The first kappa shape index (κ1) is 30.3. The minimum absolute atomic E-state index is 0.255. The molecular weight excluding hydrogens is 432 g/mol. The van der Waals surface area contributed by atoms with Crippen molar-refractivity contribution in [2.24, 2.45) is 29.2 Å². The van der Waals surface area contributed by atoms with Gasteiger partial charge in [-0.25, -0.2) is 8.42 Å². The SMILES string of the molecule is C=C(N)OC.C=C(N)OCC.CC1CS(=O)(=O)C1.CC1CS(=O)C1.CC1CSC1. The van der Waals surface area contributed by atoms with Crippen LogP contribution in [0.2, 0.25) is 0 Å². The highest BCUT2D eigenvalue weighted by atomic mass is 32.2. The summed E-state index contributed by atoms with van der Waals surface area (Å²) in [4.78, 5) is 0. The molecule has 0 saturated carbocycles. The van der Waals surface area contributed by atoms with Crippen molar-refractivity contribution in [1.29, 1.82) is 0 Å². The lowest BCUT2D eigenvalue weighted by molar-refractivity contribution is 0.228. The number of rotatable bonds is 3. The molecule has 7 nitrogen and oxygen atoms in total. The van der Waals surface area contributed by atoms with Gasteiger partial charge in [-0.05, 0) is 49.3 Å². The van der Waals surface area contributed by atoms with E-state index >= 15 is 0 Å². The van der Waals surface area contributed by atoms with E-state index < -0.39 is 20.6 Å². The van der Waals surface area contributed by atoms with E-state index in [1.807, 2.05) is 25.6 Å². The third-order valence-electron chi connectivity index (χ3n) is 3.41. The third-order valence-corrected chi connectivity index (χ3v) is 9.06. The zero-order valence-corrected chi connectivity index (χ0v) is 21.0. The maximum atomic E-state index is 10.3. The Balaban J connectivity index is 0. The van der Waals surface area contributed by atoms with Gasteiger partial charge in [0, 0.05) is 22.3 Å². The average Bonchev–Trinajstić information content (AvgIpc) is 2.52. The minimum atomic E-state index is -2.53. The van der Waals surface area contributed by atoms with Crippen molar-refractivity contribution in [2.75, 3.05) is 48.2 Å². The van der Waals surface area contributed by atoms with E-state index in [2.05, 4.69) is 36.5 Å². The van der Waals surface area contributed by atoms with Gasteiger partial charge in [0.05, 0.1) is 25.2 Å². The van der Waals surface area contributed by atoms with Crippen LogP contribution in [0.5, 0.6) is 0 Å². The first-order valence-corrected chi connectivity index (χ1v) is 14.0. The maximum Gasteiger partial charge on any atom is 0.176 e. The van der Waals surface area contributed by atoms with E-state index in [0.717, 1.165) is 23.3 Å². The number of hydrogen-bond donors (Lipinski definition) is 2. The van der Waals surface area contributed by atoms with E-state index in [1.165, 1.54) is 18.6 Å². The molecule has 0 aliphatic carbocycles. The quantitative estimate of drug-likeness (QED) is 0.600. The van der Waals surface area contributed by atoms with Gasteiger partial charge in [-0.2, -0.15) is 11.8 Å². The zero-order valence-electron chi connectivity index (χ0n) is 18.5. The number of ether oxygens (including phenoxy) is 2. The van der Waals surface area contributed by atoms with Crippen LogP contribution in [0.4, 0.5) is 0 Å². The van der Waals surface area contributed by atoms with Gasteiger partial charge in [-0.3, -0.25) is 4.21 Å². The van der Waals surface area contributed by atoms with Crippen molar-refractivity contribution < 1.29 is 22.1 Å². The lowest BCUT2D eigenvalue weighted by Gasteiger charge is -2.20. The average molecular weight is 473 g/mol. The Kier molecular flexibility index (Phi) is 17.6. The van der Waals surface area contributed by atoms with E-state index in [-0.39, 0.29) is 11.8 Å². The zero-order chi connectivity index (χ0) is 23.0. The van der Waals surface area contributed by atoms with Crippen molar-refractivity contribution in [3.63, 3.8) is 0 Å². The molecule has 0 aromatic heterocycles. The Morgan fingerprint density at radius 3 is 1.45 bits per heavy atom. The summed E-state index contributed by atoms with van der Waals surface area (Å²) in [6.45, 7) is 15.4. The molecule has 0 unspecified atom stereocenters. The molecule has 0 amide bonds. The Morgan fingerprint density at radius 1 is 1.03 bits per heavy atom. The van der Waals surface area contributed by atoms with Crippen LogP contribution in [0.3, 0.4) is 0 Å². The van der Waals surface area contributed by atoms with Crippen molar-refractivity contribution in [3.05, 3.63) is 24.9 Å². The normalized spacial score (nSPS) is 23.5. The summed E-state index contributed by atoms with van der Waals surface area (Å²) in [5.41, 5.74) is 9.86. The number of methoxy groups -OCH3 is 1. The van der Waals surface area contributed by atoms with Crippen LogP contribution in [0.1, 0.15) is 27.7 Å². The van der Waals surface area contributed by atoms with Crippen LogP contribution in [-0.4, -0.2) is 60.9 Å². The standard InChI is InChI=1S/C4H9NO.C4H8O2S.C4H8OS.C4H8S.C3H7NO/c1-3-6-4(2)5;1-4-2-7(5,6)3-4;1-4-2-6(5)3-4;1-4-2-5-3-4;1-3(4)5-2/h2-3,5H2,1H3;4H,2-3H2,1H3;4H,2-3H2,1H3;4H,2-3H2,1H3;1,4H2,2H3. The first-order valence-electron chi connectivity index (χ1n) is 9.51. The molecule has 3 heterocycles. The van der Waals surface area contributed by atoms with E-state index in [4.69, 9.17) is 11.5 Å². The molecule has 0 bridgehead atoms. The van der Waals surface area contributed by atoms with Crippen LogP contribution in [0.15, 0.2) is 24.9 Å². The summed E-state index contributed by atoms with van der Waals surface area (Å²) in [5.74, 6) is 8.25. The van der Waals surface area contributed by atoms with E-state index in [9.17, 15) is 12.6 Å². The molecule has 3 fully saturated rings. The molecule has 3 saturated heterocycles. The second-order valence-corrected chi connectivity index (χ2v) is 12.0. The summed E-state index contributed by atoms with van der Waals surface area (Å²) < 4.78 is 39.8. The molecular formula is C19H40N2O5S3. The van der Waals surface area contributed by atoms with Gasteiger partial charge in [-0.15, -0.1) is 0 Å². The number of sulfone groups is 1. The predicted molar refractivity (Wildman–Crippen MR) is 127 cm³/mol. The second-order valence-electron chi connectivity index (χ2n) is 7.27. The van der Waals surface area contributed by atoms with Crippen LogP contribution in [0.25, 0.3) is 0 Å². The Labute approximate surface area is 184 Å².